The van der Waals surface area contributed by atoms with Crippen molar-refractivity contribution >= 4 is 29.8 Å². The minimum Gasteiger partial charge on any atom is -0.490 e. The quantitative estimate of drug-likeness (QED) is 0.0232. The largest absolute Gasteiger partial charge is 0.490 e. The van der Waals surface area contributed by atoms with Crippen LogP contribution in [-0.2, 0) is 53.1 Å². The smallest absolute Gasteiger partial charge is 0.337 e. The molecule has 2 aliphatic carbocycles. The number of carboxylic acid groups (broad SMARTS) is 1. The molecular formula is C53H52O12. The molecule has 6 rings (SSSR count). The summed E-state index contributed by atoms with van der Waals surface area (Å²) in [5.41, 5.74) is 6.46. The van der Waals surface area contributed by atoms with E-state index in [1.807, 2.05) is 67.6 Å². The molecule has 4 aromatic carbocycles. The monoisotopic (exact) mass is 880 g/mol. The van der Waals surface area contributed by atoms with Gasteiger partial charge >= 0.3 is 29.8 Å². The van der Waals surface area contributed by atoms with Gasteiger partial charge in [-0.2, -0.15) is 0 Å². The lowest BCUT2D eigenvalue weighted by molar-refractivity contribution is -0.167. The zero-order chi connectivity index (χ0) is 46.5. The van der Waals surface area contributed by atoms with Gasteiger partial charge in [0.05, 0.1) is 35.5 Å². The van der Waals surface area contributed by atoms with Crippen molar-refractivity contribution in [3.05, 3.63) is 187 Å². The van der Waals surface area contributed by atoms with Crippen LogP contribution in [0.25, 0.3) is 11.1 Å². The van der Waals surface area contributed by atoms with Gasteiger partial charge in [-0.3, -0.25) is 9.59 Å². The van der Waals surface area contributed by atoms with Gasteiger partial charge in [0.2, 0.25) is 0 Å². The Hall–Kier alpha value is -7.31. The molecule has 0 aliphatic heterocycles. The molecule has 5 atom stereocenters. The molecule has 4 aromatic rings. The second-order valence-electron chi connectivity index (χ2n) is 15.5. The summed E-state index contributed by atoms with van der Waals surface area (Å²) in [6.45, 7) is 15.2. The zero-order valence-corrected chi connectivity index (χ0v) is 36.2. The first-order valence-electron chi connectivity index (χ1n) is 21.3. The molecule has 336 valence electrons. The van der Waals surface area contributed by atoms with Crippen LogP contribution in [0.4, 0.5) is 0 Å². The maximum atomic E-state index is 13.3. The number of esters is 4. The van der Waals surface area contributed by atoms with Crippen molar-refractivity contribution in [2.24, 2.45) is 11.8 Å². The summed E-state index contributed by atoms with van der Waals surface area (Å²) in [5.74, 6) is -5.26. The van der Waals surface area contributed by atoms with E-state index in [-0.39, 0.29) is 44.8 Å². The normalized spacial score (nSPS) is 16.8. The van der Waals surface area contributed by atoms with Crippen LogP contribution in [-0.4, -0.2) is 73.6 Å². The summed E-state index contributed by atoms with van der Waals surface area (Å²) >= 11 is 0. The third-order valence-corrected chi connectivity index (χ3v) is 11.5. The molecule has 0 spiro atoms. The third kappa shape index (κ3) is 10.7. The van der Waals surface area contributed by atoms with Crippen LogP contribution >= 0.6 is 0 Å². The summed E-state index contributed by atoms with van der Waals surface area (Å²) < 4.78 is 34.1. The van der Waals surface area contributed by atoms with Gasteiger partial charge in [-0.25, -0.2) is 14.4 Å². The Bertz CT molecular complexity index is 2400. The van der Waals surface area contributed by atoms with E-state index in [9.17, 15) is 29.1 Å². The van der Waals surface area contributed by atoms with Crippen LogP contribution in [0.5, 0.6) is 5.75 Å². The van der Waals surface area contributed by atoms with Gasteiger partial charge in [-0.1, -0.05) is 136 Å². The summed E-state index contributed by atoms with van der Waals surface area (Å²) in [4.78, 5) is 61.6. The molecule has 65 heavy (non-hydrogen) atoms. The van der Waals surface area contributed by atoms with E-state index in [4.69, 9.17) is 28.4 Å². The lowest BCUT2D eigenvalue weighted by Crippen LogP contribution is -2.37. The molecule has 12 heteroatoms. The fraction of sp³-hybridized carbons (Fsp3) is 0.264. The number of benzene rings is 4. The maximum Gasteiger partial charge on any atom is 0.337 e. The van der Waals surface area contributed by atoms with Crippen LogP contribution < -0.4 is 4.74 Å². The fourth-order valence-electron chi connectivity index (χ4n) is 8.25. The Kier molecular flexibility index (Phi) is 15.9. The van der Waals surface area contributed by atoms with Gasteiger partial charge in [-0.05, 0) is 70.3 Å². The van der Waals surface area contributed by atoms with E-state index in [1.165, 1.54) is 6.08 Å². The van der Waals surface area contributed by atoms with Gasteiger partial charge in [0, 0.05) is 12.2 Å². The highest BCUT2D eigenvalue weighted by atomic mass is 16.6. The van der Waals surface area contributed by atoms with Crippen molar-refractivity contribution in [2.75, 3.05) is 26.4 Å². The standard InChI is InChI=1S/C53H52O12/c1-6-34(5)51(58)64-40(33-63-49(55)9-4)31-61-47(7-2)35-22-24-36(25-23-35)53(45-20-14-12-16-41(45)42-17-13-15-21-46(42)53)37-26-28-38(29-27-37)60-30-39(32-62-48(54)8-3)65-52(59)44-19-11-10-18-43(44)50(56)57/h6,8-17,20-29,39-40,43-44,47H,1,3-5,7,18-19,30-33H2,2H3,(H,56,57). The molecule has 1 N–H and O–H groups in total. The first-order valence-corrected chi connectivity index (χ1v) is 21.3. The van der Waals surface area contributed by atoms with Gasteiger partial charge in [0.1, 0.15) is 25.6 Å². The highest BCUT2D eigenvalue weighted by molar-refractivity contribution is 5.91. The first kappa shape index (κ1) is 47.2. The fourth-order valence-corrected chi connectivity index (χ4v) is 8.25. The summed E-state index contributed by atoms with van der Waals surface area (Å²) in [5, 5.41) is 9.73. The number of aliphatic carboxylic acids is 1. The van der Waals surface area contributed by atoms with Crippen LogP contribution in [0.3, 0.4) is 0 Å². The van der Waals surface area contributed by atoms with Gasteiger partial charge in [-0.15, -0.1) is 0 Å². The molecule has 0 heterocycles. The molecule has 12 nitrogen and oxygen atoms in total. The van der Waals surface area contributed by atoms with Crippen LogP contribution in [0, 0.1) is 11.8 Å². The Labute approximate surface area is 378 Å². The van der Waals surface area contributed by atoms with Crippen molar-refractivity contribution in [3.63, 3.8) is 0 Å². The summed E-state index contributed by atoms with van der Waals surface area (Å²) in [6, 6.07) is 32.4. The molecule has 5 unspecified atom stereocenters. The Morgan fingerprint density at radius 2 is 1.20 bits per heavy atom. The number of rotatable bonds is 22. The predicted molar refractivity (Wildman–Crippen MR) is 243 cm³/mol. The van der Waals surface area contributed by atoms with Crippen LogP contribution in [0.15, 0.2) is 159 Å². The van der Waals surface area contributed by atoms with E-state index in [0.29, 0.717) is 12.2 Å². The Balaban J connectivity index is 1.27. The average molecular weight is 881 g/mol. The van der Waals surface area contributed by atoms with E-state index >= 15 is 0 Å². The molecule has 0 bridgehead atoms. The molecule has 0 aromatic heterocycles. The number of ether oxygens (including phenoxy) is 6. The average Bonchev–Trinajstić information content (AvgIpc) is 3.64. The van der Waals surface area contributed by atoms with Crippen molar-refractivity contribution in [2.45, 2.75) is 49.9 Å². The molecular weight excluding hydrogens is 829 g/mol. The van der Waals surface area contributed by atoms with Crippen LogP contribution in [0.1, 0.15) is 60.1 Å². The van der Waals surface area contributed by atoms with E-state index in [0.717, 1.165) is 51.1 Å². The predicted octanol–water partition coefficient (Wildman–Crippen LogP) is 8.59. The number of fused-ring (bicyclic) bond motifs is 3. The van der Waals surface area contributed by atoms with Gasteiger partial charge in [0.15, 0.2) is 12.2 Å². The molecule has 0 fully saturated rings. The van der Waals surface area contributed by atoms with Crippen molar-refractivity contribution in [1.82, 2.24) is 0 Å². The van der Waals surface area contributed by atoms with Crippen molar-refractivity contribution in [1.29, 1.82) is 0 Å². The van der Waals surface area contributed by atoms with Crippen molar-refractivity contribution < 1.29 is 57.5 Å². The number of hydrogen-bond acceptors (Lipinski definition) is 11. The summed E-state index contributed by atoms with van der Waals surface area (Å²) in [7, 11) is 0. The highest BCUT2D eigenvalue weighted by Crippen LogP contribution is 2.56. The Morgan fingerprint density at radius 3 is 1.72 bits per heavy atom. The van der Waals surface area contributed by atoms with Gasteiger partial charge < -0.3 is 33.5 Å². The second kappa shape index (κ2) is 21.9. The molecule has 0 radical (unpaired) electrons. The Morgan fingerprint density at radius 1 is 0.677 bits per heavy atom. The number of carbonyl (C=O) groups excluding carboxylic acids is 4. The SMILES string of the molecule is C=CC(=C)C(=O)OC(COC(=O)C=C)COC(CC)c1ccc(C2(c3ccc(OCC(COC(=O)C=C)OC(=O)C4CC=CCC4C(=O)O)cc3)c3ccccc3-c3ccccc32)cc1. The number of carboxylic acids is 1. The molecule has 2 aliphatic rings. The highest BCUT2D eigenvalue weighted by Gasteiger charge is 2.46. The third-order valence-electron chi connectivity index (χ3n) is 11.5. The summed E-state index contributed by atoms with van der Waals surface area (Å²) in [6.07, 6.45) is 5.44. The molecule has 0 amide bonds. The zero-order valence-electron chi connectivity index (χ0n) is 36.2. The second-order valence-corrected chi connectivity index (χ2v) is 15.5. The first-order chi connectivity index (χ1) is 31.4. The van der Waals surface area contributed by atoms with Gasteiger partial charge in [0.25, 0.3) is 0 Å². The minimum absolute atomic E-state index is 0.0559. The van der Waals surface area contributed by atoms with E-state index < -0.39 is 65.4 Å². The van der Waals surface area contributed by atoms with E-state index in [1.54, 1.807) is 12.2 Å². The molecule has 0 saturated heterocycles. The lowest BCUT2D eigenvalue weighted by atomic mass is 9.67. The molecule has 0 saturated carbocycles. The van der Waals surface area contributed by atoms with E-state index in [2.05, 4.69) is 62.7 Å². The number of hydrogen-bond donors (Lipinski definition) is 1. The van der Waals surface area contributed by atoms with Crippen molar-refractivity contribution in [3.8, 4) is 16.9 Å². The maximum absolute atomic E-state index is 13.3. The topological polar surface area (TPSA) is 161 Å². The van der Waals surface area contributed by atoms with Crippen LogP contribution in [0.2, 0.25) is 0 Å². The minimum atomic E-state index is -1.09. The lowest BCUT2D eigenvalue weighted by Gasteiger charge is -2.34. The number of carbonyl (C=O) groups is 5. The number of allylic oxidation sites excluding steroid dienone is 2.